The number of fused-ring (bicyclic) bond motifs is 2. The van der Waals surface area contributed by atoms with E-state index in [1.165, 1.54) is 12.8 Å². The lowest BCUT2D eigenvalue weighted by atomic mass is 9.80. The molecule has 0 bridgehead atoms. The number of benzene rings is 1. The first-order valence-corrected chi connectivity index (χ1v) is 10.9. The average molecular weight is 383 g/mol. The maximum atomic E-state index is 13.3. The summed E-state index contributed by atoms with van der Waals surface area (Å²) in [5.74, 6) is 0.509. The summed E-state index contributed by atoms with van der Waals surface area (Å²) in [6, 6.07) is 8.28. The van der Waals surface area contributed by atoms with E-state index in [2.05, 4.69) is 15.5 Å². The molecule has 4 aliphatic rings. The standard InChI is InChI=1S/C22H30N4O2/c27-20(16-6-5-13-25-12-4-3-9-19(16)25)26-14-10-22(11-15-26)21(28)23-17-7-1-2-8-18(17)24-22/h1-2,7-8,16,19,24H,3-6,9-15H2,(H,23,28)/t16-,19-/m1/s1. The van der Waals surface area contributed by atoms with Crippen molar-refractivity contribution in [3.8, 4) is 0 Å². The van der Waals surface area contributed by atoms with Crippen LogP contribution in [0.2, 0.25) is 0 Å². The van der Waals surface area contributed by atoms with Crippen molar-refractivity contribution in [3.05, 3.63) is 24.3 Å². The Morgan fingerprint density at radius 3 is 2.54 bits per heavy atom. The Kier molecular flexibility index (Phi) is 4.54. The van der Waals surface area contributed by atoms with E-state index in [0.717, 1.165) is 43.7 Å². The number of anilines is 2. The number of nitrogens with one attached hydrogen (secondary N) is 2. The number of rotatable bonds is 1. The van der Waals surface area contributed by atoms with Gasteiger partial charge in [0.05, 0.1) is 17.3 Å². The third-order valence-corrected chi connectivity index (χ3v) is 7.32. The minimum absolute atomic E-state index is 0.0365. The summed E-state index contributed by atoms with van der Waals surface area (Å²) in [6.07, 6.45) is 7.16. The molecule has 0 aromatic heterocycles. The molecule has 6 nitrogen and oxygen atoms in total. The fourth-order valence-corrected chi connectivity index (χ4v) is 5.70. The van der Waals surface area contributed by atoms with Gasteiger partial charge in [-0.05, 0) is 63.7 Å². The van der Waals surface area contributed by atoms with Crippen LogP contribution in [-0.2, 0) is 9.59 Å². The molecule has 4 heterocycles. The van der Waals surface area contributed by atoms with Gasteiger partial charge in [0.15, 0.2) is 0 Å². The first kappa shape index (κ1) is 18.0. The van der Waals surface area contributed by atoms with Gasteiger partial charge in [0.25, 0.3) is 0 Å². The van der Waals surface area contributed by atoms with Crippen LogP contribution in [0.15, 0.2) is 24.3 Å². The zero-order valence-corrected chi connectivity index (χ0v) is 16.5. The van der Waals surface area contributed by atoms with Gasteiger partial charge >= 0.3 is 0 Å². The molecule has 2 atom stereocenters. The highest BCUT2D eigenvalue weighted by Crippen LogP contribution is 2.38. The Morgan fingerprint density at radius 1 is 0.964 bits per heavy atom. The van der Waals surface area contributed by atoms with Crippen molar-refractivity contribution in [3.63, 3.8) is 0 Å². The van der Waals surface area contributed by atoms with Crippen molar-refractivity contribution >= 4 is 23.2 Å². The Bertz CT molecular complexity index is 770. The Balaban J connectivity index is 1.27. The van der Waals surface area contributed by atoms with Crippen LogP contribution in [0.5, 0.6) is 0 Å². The molecule has 1 aromatic rings. The Hall–Kier alpha value is -2.08. The second kappa shape index (κ2) is 7.07. The zero-order valence-electron chi connectivity index (χ0n) is 16.5. The topological polar surface area (TPSA) is 64.7 Å². The molecule has 6 heteroatoms. The van der Waals surface area contributed by atoms with E-state index >= 15 is 0 Å². The summed E-state index contributed by atoms with van der Waals surface area (Å²) in [7, 11) is 0. The summed E-state index contributed by atoms with van der Waals surface area (Å²) in [6.45, 7) is 3.62. The summed E-state index contributed by atoms with van der Waals surface area (Å²) >= 11 is 0. The van der Waals surface area contributed by atoms with Crippen LogP contribution in [0, 0.1) is 5.92 Å². The number of carbonyl (C=O) groups is 2. The van der Waals surface area contributed by atoms with Crippen LogP contribution in [0.3, 0.4) is 0 Å². The minimum Gasteiger partial charge on any atom is -0.369 e. The lowest BCUT2D eigenvalue weighted by molar-refractivity contribution is -0.143. The number of amides is 2. The fraction of sp³-hybridized carbons (Fsp3) is 0.636. The van der Waals surface area contributed by atoms with Crippen molar-refractivity contribution in [2.24, 2.45) is 5.92 Å². The predicted molar refractivity (Wildman–Crippen MR) is 109 cm³/mol. The van der Waals surface area contributed by atoms with E-state index in [-0.39, 0.29) is 11.8 Å². The second-order valence-corrected chi connectivity index (χ2v) is 8.88. The van der Waals surface area contributed by atoms with Gasteiger partial charge in [0, 0.05) is 19.1 Å². The van der Waals surface area contributed by atoms with Crippen molar-refractivity contribution < 1.29 is 9.59 Å². The fourth-order valence-electron chi connectivity index (χ4n) is 5.70. The summed E-state index contributed by atoms with van der Waals surface area (Å²) in [5.41, 5.74) is 1.23. The van der Waals surface area contributed by atoms with Gasteiger partial charge in [-0.1, -0.05) is 18.6 Å². The number of nitrogens with zero attached hydrogens (tertiary/aromatic N) is 2. The first-order chi connectivity index (χ1) is 13.7. The van der Waals surface area contributed by atoms with Gasteiger partial charge < -0.3 is 15.5 Å². The van der Waals surface area contributed by atoms with E-state index in [1.807, 2.05) is 29.2 Å². The third kappa shape index (κ3) is 2.98. The average Bonchev–Trinajstić information content (AvgIpc) is 2.74. The third-order valence-electron chi connectivity index (χ3n) is 7.32. The molecular formula is C22H30N4O2. The lowest BCUT2D eigenvalue weighted by Gasteiger charge is -2.47. The summed E-state index contributed by atoms with van der Waals surface area (Å²) in [5, 5.41) is 6.54. The lowest BCUT2D eigenvalue weighted by Crippen LogP contribution is -2.60. The number of para-hydroxylation sites is 2. The number of hydrogen-bond donors (Lipinski definition) is 2. The van der Waals surface area contributed by atoms with Crippen LogP contribution >= 0.6 is 0 Å². The number of carbonyl (C=O) groups excluding carboxylic acids is 2. The summed E-state index contributed by atoms with van der Waals surface area (Å²) in [4.78, 5) is 30.7. The van der Waals surface area contributed by atoms with E-state index in [4.69, 9.17) is 0 Å². The highest BCUT2D eigenvalue weighted by molar-refractivity contribution is 6.06. The van der Waals surface area contributed by atoms with Crippen molar-refractivity contribution in [2.45, 2.75) is 56.5 Å². The van der Waals surface area contributed by atoms with Crippen molar-refractivity contribution in [2.75, 3.05) is 36.8 Å². The SMILES string of the molecule is O=C([C@@H]1CCCN2CCCC[C@H]12)N1CCC2(CC1)Nc1ccccc1NC2=O. The van der Waals surface area contributed by atoms with Gasteiger partial charge in [-0.2, -0.15) is 0 Å². The Labute approximate surface area is 166 Å². The molecule has 2 amide bonds. The molecule has 5 rings (SSSR count). The normalized spacial score (nSPS) is 29.4. The van der Waals surface area contributed by atoms with E-state index in [0.29, 0.717) is 37.9 Å². The molecule has 1 spiro atoms. The molecule has 0 unspecified atom stereocenters. The number of likely N-dealkylation sites (tertiary alicyclic amines) is 1. The molecule has 1 aromatic carbocycles. The van der Waals surface area contributed by atoms with Crippen molar-refractivity contribution in [1.82, 2.24) is 9.80 Å². The smallest absolute Gasteiger partial charge is 0.250 e. The van der Waals surface area contributed by atoms with Crippen molar-refractivity contribution in [1.29, 1.82) is 0 Å². The van der Waals surface area contributed by atoms with Gasteiger partial charge in [-0.3, -0.25) is 14.5 Å². The number of piperidine rings is 3. The van der Waals surface area contributed by atoms with E-state index in [9.17, 15) is 9.59 Å². The maximum absolute atomic E-state index is 13.3. The molecule has 2 N–H and O–H groups in total. The molecular weight excluding hydrogens is 352 g/mol. The van der Waals surface area contributed by atoms with E-state index in [1.54, 1.807) is 0 Å². The minimum atomic E-state index is -0.589. The van der Waals surface area contributed by atoms with Crippen LogP contribution < -0.4 is 10.6 Å². The monoisotopic (exact) mass is 382 g/mol. The largest absolute Gasteiger partial charge is 0.369 e. The van der Waals surface area contributed by atoms with Crippen LogP contribution in [0.1, 0.15) is 44.9 Å². The maximum Gasteiger partial charge on any atom is 0.250 e. The molecule has 3 saturated heterocycles. The first-order valence-electron chi connectivity index (χ1n) is 10.9. The predicted octanol–water partition coefficient (Wildman–Crippen LogP) is 2.68. The van der Waals surface area contributed by atoms with Gasteiger partial charge in [0.1, 0.15) is 5.54 Å². The molecule has 0 aliphatic carbocycles. The highest BCUT2D eigenvalue weighted by Gasteiger charge is 2.46. The van der Waals surface area contributed by atoms with Crippen LogP contribution in [0.4, 0.5) is 11.4 Å². The summed E-state index contributed by atoms with van der Waals surface area (Å²) < 4.78 is 0. The molecule has 28 heavy (non-hydrogen) atoms. The van der Waals surface area contributed by atoms with Crippen LogP contribution in [0.25, 0.3) is 0 Å². The second-order valence-electron chi connectivity index (χ2n) is 8.88. The molecule has 4 aliphatic heterocycles. The molecule has 3 fully saturated rings. The Morgan fingerprint density at radius 2 is 1.71 bits per heavy atom. The van der Waals surface area contributed by atoms with Gasteiger partial charge in [-0.25, -0.2) is 0 Å². The molecule has 0 radical (unpaired) electrons. The number of hydrogen-bond acceptors (Lipinski definition) is 4. The molecule has 0 saturated carbocycles. The highest BCUT2D eigenvalue weighted by atomic mass is 16.2. The van der Waals surface area contributed by atoms with Gasteiger partial charge in [-0.15, -0.1) is 0 Å². The zero-order chi connectivity index (χ0) is 19.1. The van der Waals surface area contributed by atoms with Crippen LogP contribution in [-0.4, -0.2) is 59.4 Å². The molecule has 150 valence electrons. The van der Waals surface area contributed by atoms with E-state index < -0.39 is 5.54 Å². The van der Waals surface area contributed by atoms with Gasteiger partial charge in [0.2, 0.25) is 11.8 Å². The quantitative estimate of drug-likeness (QED) is 0.784.